The van der Waals surface area contributed by atoms with Crippen LogP contribution < -0.4 is 5.32 Å². The van der Waals surface area contributed by atoms with Gasteiger partial charge in [0.1, 0.15) is 0 Å². The van der Waals surface area contributed by atoms with E-state index in [1.807, 2.05) is 5.38 Å². The smallest absolute Gasteiger partial charge is 0.253 e. The molecule has 0 aromatic carbocycles. The van der Waals surface area contributed by atoms with Crippen LogP contribution in [0.2, 0.25) is 0 Å². The SMILES string of the molecule is O=C(NCC(=O)N1CCOCC1)c1cscc1Br. The molecule has 0 unspecified atom stereocenters. The first-order valence-corrected chi connectivity index (χ1v) is 7.27. The third kappa shape index (κ3) is 3.30. The molecule has 0 saturated carbocycles. The van der Waals surface area contributed by atoms with E-state index in [-0.39, 0.29) is 18.4 Å². The van der Waals surface area contributed by atoms with E-state index < -0.39 is 0 Å². The molecule has 2 heterocycles. The fourth-order valence-corrected chi connectivity index (χ4v) is 3.07. The third-order valence-corrected chi connectivity index (χ3v) is 4.33. The molecule has 18 heavy (non-hydrogen) atoms. The van der Waals surface area contributed by atoms with Gasteiger partial charge in [0.2, 0.25) is 5.91 Å². The average Bonchev–Trinajstić information content (AvgIpc) is 2.83. The molecule has 1 aliphatic rings. The molecule has 1 aromatic rings. The number of nitrogens with zero attached hydrogens (tertiary/aromatic N) is 1. The molecule has 0 radical (unpaired) electrons. The maximum atomic E-state index is 11.8. The number of hydrogen-bond donors (Lipinski definition) is 1. The zero-order valence-corrected chi connectivity index (χ0v) is 12.1. The molecule has 1 fully saturated rings. The van der Waals surface area contributed by atoms with Crippen LogP contribution in [0.25, 0.3) is 0 Å². The summed E-state index contributed by atoms with van der Waals surface area (Å²) in [4.78, 5) is 25.3. The highest BCUT2D eigenvalue weighted by atomic mass is 79.9. The second-order valence-electron chi connectivity index (χ2n) is 3.81. The maximum absolute atomic E-state index is 11.8. The van der Waals surface area contributed by atoms with Crippen LogP contribution in [0.1, 0.15) is 10.4 Å². The standard InChI is InChI=1S/C11H13BrN2O3S/c12-9-7-18-6-8(9)11(16)13-5-10(15)14-1-3-17-4-2-14/h6-7H,1-5H2,(H,13,16). The minimum absolute atomic E-state index is 0.0289. The average molecular weight is 333 g/mol. The Morgan fingerprint density at radius 3 is 2.72 bits per heavy atom. The Balaban J connectivity index is 1.82. The van der Waals surface area contributed by atoms with Crippen LogP contribution in [0.5, 0.6) is 0 Å². The van der Waals surface area contributed by atoms with Crippen molar-refractivity contribution >= 4 is 39.1 Å². The van der Waals surface area contributed by atoms with E-state index in [0.29, 0.717) is 31.9 Å². The molecule has 0 atom stereocenters. The van der Waals surface area contributed by atoms with Crippen molar-refractivity contribution < 1.29 is 14.3 Å². The molecule has 7 heteroatoms. The maximum Gasteiger partial charge on any atom is 0.253 e. The number of rotatable bonds is 3. The lowest BCUT2D eigenvalue weighted by Crippen LogP contribution is -2.45. The number of morpholine rings is 1. The predicted octanol–water partition coefficient (Wildman–Crippen LogP) is 1.10. The van der Waals surface area contributed by atoms with Gasteiger partial charge in [-0.25, -0.2) is 0 Å². The van der Waals surface area contributed by atoms with Crippen molar-refractivity contribution in [1.82, 2.24) is 10.2 Å². The van der Waals surface area contributed by atoms with Crippen molar-refractivity contribution in [3.63, 3.8) is 0 Å². The first-order valence-electron chi connectivity index (χ1n) is 5.54. The van der Waals surface area contributed by atoms with Crippen LogP contribution in [0.3, 0.4) is 0 Å². The fourth-order valence-electron chi connectivity index (χ4n) is 1.62. The number of amides is 2. The summed E-state index contributed by atoms with van der Waals surface area (Å²) in [7, 11) is 0. The number of carbonyl (C=O) groups is 2. The molecular formula is C11H13BrN2O3S. The zero-order chi connectivity index (χ0) is 13.0. The van der Waals surface area contributed by atoms with Crippen molar-refractivity contribution in [2.45, 2.75) is 0 Å². The van der Waals surface area contributed by atoms with E-state index >= 15 is 0 Å². The number of nitrogens with one attached hydrogen (secondary N) is 1. The van der Waals surface area contributed by atoms with Crippen LogP contribution in [0.15, 0.2) is 15.2 Å². The van der Waals surface area contributed by atoms with Crippen molar-refractivity contribution in [3.05, 3.63) is 20.8 Å². The number of ether oxygens (including phenoxy) is 1. The van der Waals surface area contributed by atoms with E-state index in [4.69, 9.17) is 4.74 Å². The normalized spacial score (nSPS) is 15.5. The predicted molar refractivity (Wildman–Crippen MR) is 71.8 cm³/mol. The molecule has 1 saturated heterocycles. The van der Waals surface area contributed by atoms with Crippen LogP contribution in [-0.4, -0.2) is 49.6 Å². The first-order chi connectivity index (χ1) is 8.68. The molecule has 2 amide bonds. The second kappa shape index (κ2) is 6.31. The Bertz CT molecular complexity index is 443. The summed E-state index contributed by atoms with van der Waals surface area (Å²) >= 11 is 4.73. The topological polar surface area (TPSA) is 58.6 Å². The molecule has 1 N–H and O–H groups in total. The quantitative estimate of drug-likeness (QED) is 0.901. The van der Waals surface area contributed by atoms with Gasteiger partial charge in [0.15, 0.2) is 0 Å². The Kier molecular flexibility index (Phi) is 4.73. The fraction of sp³-hybridized carbons (Fsp3) is 0.455. The highest BCUT2D eigenvalue weighted by molar-refractivity contribution is 9.10. The summed E-state index contributed by atoms with van der Waals surface area (Å²) < 4.78 is 5.92. The lowest BCUT2D eigenvalue weighted by Gasteiger charge is -2.26. The van der Waals surface area contributed by atoms with Gasteiger partial charge >= 0.3 is 0 Å². The van der Waals surface area contributed by atoms with Gasteiger partial charge in [-0.2, -0.15) is 11.3 Å². The summed E-state index contributed by atoms with van der Waals surface area (Å²) in [5, 5.41) is 6.21. The Morgan fingerprint density at radius 2 is 2.11 bits per heavy atom. The lowest BCUT2D eigenvalue weighted by atomic mass is 10.3. The number of carbonyl (C=O) groups excluding carboxylic acids is 2. The largest absolute Gasteiger partial charge is 0.378 e. The van der Waals surface area contributed by atoms with Crippen LogP contribution in [0.4, 0.5) is 0 Å². The van der Waals surface area contributed by atoms with Gasteiger partial charge in [-0.15, -0.1) is 0 Å². The Morgan fingerprint density at radius 1 is 1.39 bits per heavy atom. The Labute approximate surface area is 117 Å². The summed E-state index contributed by atoms with van der Waals surface area (Å²) in [5.74, 6) is -0.303. The van der Waals surface area contributed by atoms with E-state index in [1.54, 1.807) is 10.3 Å². The minimum atomic E-state index is -0.232. The molecule has 2 rings (SSSR count). The van der Waals surface area contributed by atoms with Gasteiger partial charge in [0.25, 0.3) is 5.91 Å². The molecule has 0 spiro atoms. The monoisotopic (exact) mass is 332 g/mol. The van der Waals surface area contributed by atoms with Gasteiger partial charge in [-0.05, 0) is 15.9 Å². The van der Waals surface area contributed by atoms with Gasteiger partial charge in [-0.3, -0.25) is 9.59 Å². The van der Waals surface area contributed by atoms with Gasteiger partial charge in [-0.1, -0.05) is 0 Å². The summed E-state index contributed by atoms with van der Waals surface area (Å²) in [6.45, 7) is 2.35. The third-order valence-electron chi connectivity index (χ3n) is 2.62. The molecule has 5 nitrogen and oxygen atoms in total. The second-order valence-corrected chi connectivity index (χ2v) is 5.41. The zero-order valence-electron chi connectivity index (χ0n) is 9.65. The van der Waals surface area contributed by atoms with Crippen LogP contribution in [0, 0.1) is 0 Å². The van der Waals surface area contributed by atoms with Crippen molar-refractivity contribution in [3.8, 4) is 0 Å². The molecular weight excluding hydrogens is 320 g/mol. The van der Waals surface area contributed by atoms with E-state index in [0.717, 1.165) is 4.47 Å². The summed E-state index contributed by atoms with van der Waals surface area (Å²) in [6, 6.07) is 0. The number of halogens is 1. The Hall–Kier alpha value is -0.920. The highest BCUT2D eigenvalue weighted by Gasteiger charge is 2.18. The van der Waals surface area contributed by atoms with E-state index in [9.17, 15) is 9.59 Å². The minimum Gasteiger partial charge on any atom is -0.378 e. The van der Waals surface area contributed by atoms with E-state index in [2.05, 4.69) is 21.2 Å². The first kappa shape index (κ1) is 13.5. The molecule has 1 aliphatic heterocycles. The van der Waals surface area contributed by atoms with E-state index in [1.165, 1.54) is 11.3 Å². The van der Waals surface area contributed by atoms with Gasteiger partial charge in [0.05, 0.1) is 25.3 Å². The molecule has 0 aliphatic carbocycles. The summed E-state index contributed by atoms with van der Waals surface area (Å²) in [6.07, 6.45) is 0. The molecule has 0 bridgehead atoms. The highest BCUT2D eigenvalue weighted by Crippen LogP contribution is 2.20. The van der Waals surface area contributed by atoms with Crippen LogP contribution in [-0.2, 0) is 9.53 Å². The van der Waals surface area contributed by atoms with Crippen molar-refractivity contribution in [2.75, 3.05) is 32.8 Å². The van der Waals surface area contributed by atoms with Crippen molar-refractivity contribution in [1.29, 1.82) is 0 Å². The molecule has 98 valence electrons. The molecule has 1 aromatic heterocycles. The van der Waals surface area contributed by atoms with Crippen LogP contribution >= 0.6 is 27.3 Å². The number of thiophene rings is 1. The van der Waals surface area contributed by atoms with Gasteiger partial charge in [0, 0.05) is 28.3 Å². The van der Waals surface area contributed by atoms with Crippen molar-refractivity contribution in [2.24, 2.45) is 0 Å². The lowest BCUT2D eigenvalue weighted by molar-refractivity contribution is -0.134. The summed E-state index contributed by atoms with van der Waals surface area (Å²) in [5.41, 5.74) is 0.565. The van der Waals surface area contributed by atoms with Gasteiger partial charge < -0.3 is 15.0 Å². The number of hydrogen-bond acceptors (Lipinski definition) is 4.